The third kappa shape index (κ3) is 3.21. The van der Waals surface area contributed by atoms with Gasteiger partial charge in [0, 0.05) is 25.3 Å². The molecule has 100 valence electrons. The Morgan fingerprint density at radius 1 is 1.56 bits per heavy atom. The molecule has 0 aromatic carbocycles. The number of nitrogen functional groups attached to an aromatic ring is 1. The largest absolute Gasteiger partial charge is 0.397 e. The Balaban J connectivity index is 1.89. The number of aromatic nitrogens is 1. The lowest BCUT2D eigenvalue weighted by atomic mass is 10.2. The van der Waals surface area contributed by atoms with Gasteiger partial charge in [0.05, 0.1) is 11.4 Å². The monoisotopic (exact) mass is 248 g/mol. The summed E-state index contributed by atoms with van der Waals surface area (Å²) in [5, 5.41) is 0. The van der Waals surface area contributed by atoms with E-state index in [1.165, 1.54) is 19.4 Å². The van der Waals surface area contributed by atoms with E-state index < -0.39 is 0 Å². The topological polar surface area (TPSA) is 45.4 Å². The zero-order valence-electron chi connectivity index (χ0n) is 11.5. The van der Waals surface area contributed by atoms with Gasteiger partial charge in [0.1, 0.15) is 0 Å². The molecule has 4 heteroatoms. The fraction of sp³-hybridized carbons (Fsp3) is 0.643. The predicted octanol–water partition coefficient (Wildman–Crippen LogP) is 1.58. The number of nitrogens with zero attached hydrogens (tertiary/aromatic N) is 3. The van der Waals surface area contributed by atoms with Crippen LogP contribution in [0.4, 0.5) is 5.69 Å². The Bertz CT molecular complexity index is 380. The number of hydrogen-bond donors (Lipinski definition) is 1. The third-order valence-corrected chi connectivity index (χ3v) is 3.77. The summed E-state index contributed by atoms with van der Waals surface area (Å²) in [6.07, 6.45) is 4.46. The molecule has 18 heavy (non-hydrogen) atoms. The molecular formula is C14H24N4. The van der Waals surface area contributed by atoms with Gasteiger partial charge in [-0.25, -0.2) is 0 Å². The SMILES string of the molecule is CCN1CCCC1CN(C)Cc1ncccc1N. The molecule has 0 saturated carbocycles. The first-order valence-electron chi connectivity index (χ1n) is 6.82. The normalized spacial score (nSPS) is 20.7. The fourth-order valence-electron chi connectivity index (χ4n) is 2.78. The quantitative estimate of drug-likeness (QED) is 0.859. The molecule has 4 nitrogen and oxygen atoms in total. The average Bonchev–Trinajstić information content (AvgIpc) is 2.79. The van der Waals surface area contributed by atoms with Crippen molar-refractivity contribution in [2.45, 2.75) is 32.4 Å². The molecule has 0 aliphatic carbocycles. The van der Waals surface area contributed by atoms with Crippen LogP contribution in [0.5, 0.6) is 0 Å². The van der Waals surface area contributed by atoms with Crippen molar-refractivity contribution in [3.63, 3.8) is 0 Å². The summed E-state index contributed by atoms with van der Waals surface area (Å²) in [6.45, 7) is 6.59. The van der Waals surface area contributed by atoms with Crippen molar-refractivity contribution in [1.82, 2.24) is 14.8 Å². The van der Waals surface area contributed by atoms with Gasteiger partial charge >= 0.3 is 0 Å². The number of nitrogens with two attached hydrogens (primary N) is 1. The van der Waals surface area contributed by atoms with Gasteiger partial charge in [0.15, 0.2) is 0 Å². The molecule has 1 aliphatic rings. The fourth-order valence-corrected chi connectivity index (χ4v) is 2.78. The lowest BCUT2D eigenvalue weighted by Gasteiger charge is -2.27. The van der Waals surface area contributed by atoms with Gasteiger partial charge < -0.3 is 5.73 Å². The van der Waals surface area contributed by atoms with Crippen molar-refractivity contribution in [3.8, 4) is 0 Å². The Hall–Kier alpha value is -1.13. The summed E-state index contributed by atoms with van der Waals surface area (Å²) >= 11 is 0. The first-order valence-corrected chi connectivity index (χ1v) is 6.82. The standard InChI is InChI=1S/C14H24N4/c1-3-18-9-5-6-12(18)10-17(2)11-14-13(15)7-4-8-16-14/h4,7-8,12H,3,5-6,9-11,15H2,1-2H3. The van der Waals surface area contributed by atoms with Crippen LogP contribution in [0.2, 0.25) is 0 Å². The van der Waals surface area contributed by atoms with E-state index in [1.807, 2.05) is 18.3 Å². The maximum atomic E-state index is 5.93. The molecule has 2 heterocycles. The highest BCUT2D eigenvalue weighted by Gasteiger charge is 2.24. The minimum Gasteiger partial charge on any atom is -0.397 e. The summed E-state index contributed by atoms with van der Waals surface area (Å²) in [5.74, 6) is 0. The highest BCUT2D eigenvalue weighted by Crippen LogP contribution is 2.18. The number of hydrogen-bond acceptors (Lipinski definition) is 4. The van der Waals surface area contributed by atoms with Crippen LogP contribution in [0.3, 0.4) is 0 Å². The first kappa shape index (κ1) is 13.3. The van der Waals surface area contributed by atoms with E-state index in [9.17, 15) is 0 Å². The second-order valence-corrected chi connectivity index (χ2v) is 5.16. The van der Waals surface area contributed by atoms with Gasteiger partial charge in [-0.2, -0.15) is 0 Å². The lowest BCUT2D eigenvalue weighted by molar-refractivity contribution is 0.194. The van der Waals surface area contributed by atoms with E-state index in [2.05, 4.69) is 28.8 Å². The highest BCUT2D eigenvalue weighted by molar-refractivity contribution is 5.41. The molecule has 1 saturated heterocycles. The lowest BCUT2D eigenvalue weighted by Crippen LogP contribution is -2.38. The molecule has 2 N–H and O–H groups in total. The van der Waals surface area contributed by atoms with Gasteiger partial charge in [0.25, 0.3) is 0 Å². The minimum absolute atomic E-state index is 0.699. The van der Waals surface area contributed by atoms with Gasteiger partial charge in [-0.15, -0.1) is 0 Å². The van der Waals surface area contributed by atoms with Crippen molar-refractivity contribution in [3.05, 3.63) is 24.0 Å². The van der Waals surface area contributed by atoms with Crippen LogP contribution in [0.1, 0.15) is 25.5 Å². The zero-order chi connectivity index (χ0) is 13.0. The Labute approximate surface area is 110 Å². The molecule has 1 aromatic rings. The van der Waals surface area contributed by atoms with E-state index >= 15 is 0 Å². The summed E-state index contributed by atoms with van der Waals surface area (Å²) in [6, 6.07) is 4.50. The van der Waals surface area contributed by atoms with Crippen molar-refractivity contribution in [2.75, 3.05) is 32.4 Å². The van der Waals surface area contributed by atoms with E-state index in [-0.39, 0.29) is 0 Å². The predicted molar refractivity (Wildman–Crippen MR) is 75.3 cm³/mol. The van der Waals surface area contributed by atoms with Gasteiger partial charge in [-0.3, -0.25) is 14.8 Å². The van der Waals surface area contributed by atoms with Crippen LogP contribution in [0.15, 0.2) is 18.3 Å². The number of likely N-dealkylation sites (tertiary alicyclic amines) is 1. The molecule has 1 fully saturated rings. The van der Waals surface area contributed by atoms with E-state index in [0.717, 1.165) is 31.0 Å². The van der Waals surface area contributed by atoms with Crippen LogP contribution in [0, 0.1) is 0 Å². The Morgan fingerprint density at radius 2 is 2.39 bits per heavy atom. The molecule has 1 atom stereocenters. The second kappa shape index (κ2) is 6.16. The average molecular weight is 248 g/mol. The van der Waals surface area contributed by atoms with E-state index in [0.29, 0.717) is 6.04 Å². The Morgan fingerprint density at radius 3 is 3.11 bits per heavy atom. The number of anilines is 1. The maximum absolute atomic E-state index is 5.93. The molecule has 0 radical (unpaired) electrons. The summed E-state index contributed by atoms with van der Waals surface area (Å²) in [5.41, 5.74) is 7.71. The van der Waals surface area contributed by atoms with Crippen molar-refractivity contribution in [1.29, 1.82) is 0 Å². The molecular weight excluding hydrogens is 224 g/mol. The first-order chi connectivity index (χ1) is 8.70. The zero-order valence-corrected chi connectivity index (χ0v) is 11.5. The highest BCUT2D eigenvalue weighted by atomic mass is 15.2. The summed E-state index contributed by atoms with van der Waals surface area (Å²) < 4.78 is 0. The molecule has 0 spiro atoms. The van der Waals surface area contributed by atoms with Crippen molar-refractivity contribution in [2.24, 2.45) is 0 Å². The molecule has 1 aliphatic heterocycles. The third-order valence-electron chi connectivity index (χ3n) is 3.77. The molecule has 0 amide bonds. The Kier molecular flexibility index (Phi) is 4.55. The molecule has 0 bridgehead atoms. The van der Waals surface area contributed by atoms with Gasteiger partial charge in [-0.1, -0.05) is 6.92 Å². The second-order valence-electron chi connectivity index (χ2n) is 5.16. The van der Waals surface area contributed by atoms with Crippen LogP contribution >= 0.6 is 0 Å². The molecule has 1 unspecified atom stereocenters. The van der Waals surface area contributed by atoms with Crippen LogP contribution < -0.4 is 5.73 Å². The molecule has 2 rings (SSSR count). The number of likely N-dealkylation sites (N-methyl/N-ethyl adjacent to an activating group) is 2. The van der Waals surface area contributed by atoms with Crippen LogP contribution in [-0.4, -0.2) is 47.5 Å². The molecule has 1 aromatic heterocycles. The maximum Gasteiger partial charge on any atom is 0.0772 e. The van der Waals surface area contributed by atoms with Gasteiger partial charge in [0.2, 0.25) is 0 Å². The summed E-state index contributed by atoms with van der Waals surface area (Å²) in [7, 11) is 2.15. The van der Waals surface area contributed by atoms with Crippen LogP contribution in [-0.2, 0) is 6.54 Å². The number of pyridine rings is 1. The van der Waals surface area contributed by atoms with Crippen LogP contribution in [0.25, 0.3) is 0 Å². The minimum atomic E-state index is 0.699. The van der Waals surface area contributed by atoms with Gasteiger partial charge in [-0.05, 0) is 45.1 Å². The van der Waals surface area contributed by atoms with Crippen molar-refractivity contribution >= 4 is 5.69 Å². The van der Waals surface area contributed by atoms with E-state index in [4.69, 9.17) is 5.73 Å². The smallest absolute Gasteiger partial charge is 0.0772 e. The number of rotatable bonds is 5. The summed E-state index contributed by atoms with van der Waals surface area (Å²) in [4.78, 5) is 9.25. The van der Waals surface area contributed by atoms with E-state index in [1.54, 1.807) is 0 Å². The van der Waals surface area contributed by atoms with Crippen molar-refractivity contribution < 1.29 is 0 Å².